The molecule has 4 rings (SSSR count). The summed E-state index contributed by atoms with van der Waals surface area (Å²) >= 11 is 0. The highest BCUT2D eigenvalue weighted by molar-refractivity contribution is 7.89. The first-order valence-electron chi connectivity index (χ1n) is 8.37. The van der Waals surface area contributed by atoms with Crippen molar-refractivity contribution >= 4 is 21.1 Å². The normalized spacial score (nSPS) is 17.6. The second-order valence-electron chi connectivity index (χ2n) is 6.61. The molecule has 1 atom stereocenters. The first kappa shape index (κ1) is 17.0. The smallest absolute Gasteiger partial charge is 0.295 e. The average Bonchev–Trinajstić information content (AvgIpc) is 3.09. The van der Waals surface area contributed by atoms with E-state index in [2.05, 4.69) is 14.8 Å². The van der Waals surface area contributed by atoms with E-state index in [1.54, 1.807) is 31.8 Å². The van der Waals surface area contributed by atoms with E-state index >= 15 is 0 Å². The molecule has 0 fully saturated rings. The molecule has 0 bridgehead atoms. The lowest BCUT2D eigenvalue weighted by atomic mass is 10.1. The van der Waals surface area contributed by atoms with Crippen LogP contribution in [0.4, 0.5) is 0 Å². The number of fused-ring (bicyclic) bond motifs is 2. The van der Waals surface area contributed by atoms with Crippen molar-refractivity contribution in [2.24, 2.45) is 14.1 Å². The first-order chi connectivity index (χ1) is 12.3. The van der Waals surface area contributed by atoms with Crippen molar-refractivity contribution in [3.63, 3.8) is 0 Å². The van der Waals surface area contributed by atoms with Crippen molar-refractivity contribution in [2.75, 3.05) is 0 Å². The standard InChI is InChI=1S/C16H20N6O3S/c1-10-17-15-12(5-4-8-22(15)18-10)19-26(24,25)11-6-7-13-14(9-11)21(3)16(23)20(13)2/h6-7,9,12,19H,4-5,8H2,1-3H3/t12-/m0/s1. The Morgan fingerprint density at radius 2 is 1.92 bits per heavy atom. The number of rotatable bonds is 3. The van der Waals surface area contributed by atoms with Gasteiger partial charge in [-0.2, -0.15) is 5.10 Å². The summed E-state index contributed by atoms with van der Waals surface area (Å²) in [7, 11) is -0.474. The monoisotopic (exact) mass is 376 g/mol. The fraction of sp³-hybridized carbons (Fsp3) is 0.438. The third kappa shape index (κ3) is 2.56. The van der Waals surface area contributed by atoms with Gasteiger partial charge in [-0.1, -0.05) is 0 Å². The molecule has 0 saturated heterocycles. The molecular formula is C16H20N6O3S. The second kappa shape index (κ2) is 5.78. The summed E-state index contributed by atoms with van der Waals surface area (Å²) in [5.41, 5.74) is 1.06. The van der Waals surface area contributed by atoms with Gasteiger partial charge in [0, 0.05) is 20.6 Å². The minimum absolute atomic E-state index is 0.125. The summed E-state index contributed by atoms with van der Waals surface area (Å²) in [6.45, 7) is 2.53. The number of sulfonamides is 1. The van der Waals surface area contributed by atoms with E-state index in [-0.39, 0.29) is 10.6 Å². The van der Waals surface area contributed by atoms with Crippen molar-refractivity contribution in [3.05, 3.63) is 40.3 Å². The Hall–Kier alpha value is -2.46. The van der Waals surface area contributed by atoms with Crippen molar-refractivity contribution in [1.82, 2.24) is 28.6 Å². The molecule has 1 N–H and O–H groups in total. The molecule has 1 aromatic carbocycles. The van der Waals surface area contributed by atoms with Crippen LogP contribution in [-0.2, 0) is 30.7 Å². The zero-order valence-corrected chi connectivity index (χ0v) is 15.6. The van der Waals surface area contributed by atoms with Gasteiger partial charge in [0.25, 0.3) is 0 Å². The molecule has 1 aliphatic rings. The zero-order chi connectivity index (χ0) is 18.6. The molecule has 3 aromatic rings. The van der Waals surface area contributed by atoms with Gasteiger partial charge in [-0.25, -0.2) is 27.6 Å². The highest BCUT2D eigenvalue weighted by Crippen LogP contribution is 2.26. The van der Waals surface area contributed by atoms with Gasteiger partial charge in [0.1, 0.15) is 11.6 Å². The Morgan fingerprint density at radius 3 is 2.69 bits per heavy atom. The van der Waals surface area contributed by atoms with Gasteiger partial charge in [-0.3, -0.25) is 9.13 Å². The Kier molecular flexibility index (Phi) is 3.77. The second-order valence-corrected chi connectivity index (χ2v) is 8.32. The van der Waals surface area contributed by atoms with Crippen LogP contribution in [-0.4, -0.2) is 32.3 Å². The van der Waals surface area contributed by atoms with Crippen LogP contribution in [0.3, 0.4) is 0 Å². The van der Waals surface area contributed by atoms with E-state index in [4.69, 9.17) is 0 Å². The summed E-state index contributed by atoms with van der Waals surface area (Å²) < 4.78 is 33.2. The highest BCUT2D eigenvalue weighted by atomic mass is 32.2. The van der Waals surface area contributed by atoms with Crippen molar-refractivity contribution in [1.29, 1.82) is 0 Å². The van der Waals surface area contributed by atoms with Crippen molar-refractivity contribution < 1.29 is 8.42 Å². The number of aryl methyl sites for hydroxylation is 4. The van der Waals surface area contributed by atoms with Gasteiger partial charge in [-0.15, -0.1) is 0 Å². The fourth-order valence-corrected chi connectivity index (χ4v) is 4.74. The molecule has 9 nitrogen and oxygen atoms in total. The summed E-state index contributed by atoms with van der Waals surface area (Å²) in [4.78, 5) is 16.5. The average molecular weight is 376 g/mol. The third-order valence-corrected chi connectivity index (χ3v) is 6.30. The van der Waals surface area contributed by atoms with E-state index in [0.29, 0.717) is 29.1 Å². The van der Waals surface area contributed by atoms with Gasteiger partial charge >= 0.3 is 5.69 Å². The zero-order valence-electron chi connectivity index (χ0n) is 14.8. The van der Waals surface area contributed by atoms with E-state index < -0.39 is 16.1 Å². The molecule has 26 heavy (non-hydrogen) atoms. The Bertz CT molecular complexity index is 1170. The molecule has 0 radical (unpaired) electrons. The maximum atomic E-state index is 12.9. The van der Waals surface area contributed by atoms with Crippen LogP contribution in [0.15, 0.2) is 27.9 Å². The summed E-state index contributed by atoms with van der Waals surface area (Å²) in [6.07, 6.45) is 1.50. The predicted molar refractivity (Wildman–Crippen MR) is 95.2 cm³/mol. The predicted octanol–water partition coefficient (Wildman–Crippen LogP) is 0.590. The molecule has 138 valence electrons. The van der Waals surface area contributed by atoms with E-state index in [1.807, 2.05) is 0 Å². The van der Waals surface area contributed by atoms with Crippen LogP contribution in [0, 0.1) is 6.92 Å². The highest BCUT2D eigenvalue weighted by Gasteiger charge is 2.28. The number of hydrogen-bond acceptors (Lipinski definition) is 5. The van der Waals surface area contributed by atoms with Gasteiger partial charge in [0.15, 0.2) is 0 Å². The molecule has 0 unspecified atom stereocenters. The summed E-state index contributed by atoms with van der Waals surface area (Å²) in [5.74, 6) is 1.28. The largest absolute Gasteiger partial charge is 0.328 e. The number of imidazole rings is 1. The Labute approximate surface area is 150 Å². The molecule has 2 aromatic heterocycles. The van der Waals surface area contributed by atoms with Gasteiger partial charge in [0.05, 0.1) is 22.0 Å². The maximum absolute atomic E-state index is 12.9. The fourth-order valence-electron chi connectivity index (χ4n) is 3.49. The third-order valence-electron chi connectivity index (χ3n) is 4.83. The molecule has 0 amide bonds. The quantitative estimate of drug-likeness (QED) is 0.720. The molecule has 0 spiro atoms. The topological polar surface area (TPSA) is 104 Å². The van der Waals surface area contributed by atoms with Crippen LogP contribution < -0.4 is 10.4 Å². The molecule has 0 saturated carbocycles. The minimum Gasteiger partial charge on any atom is -0.295 e. The minimum atomic E-state index is -3.76. The number of aromatic nitrogens is 5. The van der Waals surface area contributed by atoms with Crippen LogP contribution in [0.5, 0.6) is 0 Å². The number of hydrogen-bond donors (Lipinski definition) is 1. The molecule has 10 heteroatoms. The van der Waals surface area contributed by atoms with Crippen LogP contribution >= 0.6 is 0 Å². The number of benzene rings is 1. The van der Waals surface area contributed by atoms with Crippen LogP contribution in [0.1, 0.15) is 30.5 Å². The summed E-state index contributed by atoms with van der Waals surface area (Å²) in [5, 5.41) is 4.30. The van der Waals surface area contributed by atoms with Crippen LogP contribution in [0.2, 0.25) is 0 Å². The Morgan fingerprint density at radius 1 is 1.19 bits per heavy atom. The van der Waals surface area contributed by atoms with Gasteiger partial charge in [0.2, 0.25) is 10.0 Å². The summed E-state index contributed by atoms with van der Waals surface area (Å²) in [6, 6.07) is 4.28. The number of nitrogens with one attached hydrogen (secondary N) is 1. The lowest BCUT2D eigenvalue weighted by molar-refractivity contribution is 0.399. The Balaban J connectivity index is 1.73. The van der Waals surface area contributed by atoms with Crippen LogP contribution in [0.25, 0.3) is 11.0 Å². The maximum Gasteiger partial charge on any atom is 0.328 e. The van der Waals surface area contributed by atoms with E-state index in [9.17, 15) is 13.2 Å². The number of nitrogens with zero attached hydrogens (tertiary/aromatic N) is 5. The molecule has 0 aliphatic carbocycles. The van der Waals surface area contributed by atoms with E-state index in [0.717, 1.165) is 13.0 Å². The SMILES string of the molecule is Cc1nc2n(n1)CCC[C@@H]2NS(=O)(=O)c1ccc2c(c1)n(C)c(=O)n2C. The van der Waals surface area contributed by atoms with Crippen molar-refractivity contribution in [2.45, 2.75) is 37.2 Å². The lowest BCUT2D eigenvalue weighted by Gasteiger charge is -2.23. The van der Waals surface area contributed by atoms with Gasteiger partial charge in [-0.05, 0) is 38.0 Å². The lowest BCUT2D eigenvalue weighted by Crippen LogP contribution is -2.33. The van der Waals surface area contributed by atoms with E-state index in [1.165, 1.54) is 21.3 Å². The molecular weight excluding hydrogens is 356 g/mol. The molecule has 1 aliphatic heterocycles. The first-order valence-corrected chi connectivity index (χ1v) is 9.85. The van der Waals surface area contributed by atoms with Gasteiger partial charge < -0.3 is 0 Å². The molecule has 3 heterocycles. The van der Waals surface area contributed by atoms with Crippen molar-refractivity contribution in [3.8, 4) is 0 Å².